The minimum atomic E-state index is -4.08. The predicted molar refractivity (Wildman–Crippen MR) is 120 cm³/mol. The molecule has 5 rings (SSSR count). The third-order valence-corrected chi connectivity index (χ3v) is 9.74. The van der Waals surface area contributed by atoms with Crippen molar-refractivity contribution in [1.82, 2.24) is 0 Å². The zero-order valence-corrected chi connectivity index (χ0v) is 20.0. The Morgan fingerprint density at radius 2 is 1.66 bits per heavy atom. The third-order valence-electron chi connectivity index (χ3n) is 7.08. The summed E-state index contributed by atoms with van der Waals surface area (Å²) in [4.78, 5) is 12.3. The predicted octanol–water partition coefficient (Wildman–Crippen LogP) is 3.05. The van der Waals surface area contributed by atoms with Gasteiger partial charge in [0.2, 0.25) is 0 Å². The van der Waals surface area contributed by atoms with Crippen LogP contribution in [0.3, 0.4) is 0 Å². The minimum absolute atomic E-state index is 0.0278. The summed E-state index contributed by atoms with van der Waals surface area (Å²) in [6, 6.07) is 4.64. The molecule has 3 aliphatic carbocycles. The van der Waals surface area contributed by atoms with E-state index in [2.05, 4.69) is 5.32 Å². The summed E-state index contributed by atoms with van der Waals surface area (Å²) in [7, 11) is -4.08. The van der Waals surface area contributed by atoms with Crippen LogP contribution in [0.15, 0.2) is 35.2 Å². The smallest absolute Gasteiger partial charge is 0.255 e. The Balaban J connectivity index is 1.57. The number of benzene rings is 2. The van der Waals surface area contributed by atoms with Crippen LogP contribution in [0.4, 0.5) is 18.9 Å². The van der Waals surface area contributed by atoms with E-state index < -0.39 is 68.1 Å². The molecule has 2 aromatic carbocycles. The van der Waals surface area contributed by atoms with Crippen LogP contribution >= 0.6 is 11.6 Å². The van der Waals surface area contributed by atoms with E-state index in [1.807, 2.05) is 0 Å². The highest BCUT2D eigenvalue weighted by Gasteiger charge is 2.63. The van der Waals surface area contributed by atoms with Crippen LogP contribution in [0, 0.1) is 29.3 Å². The van der Waals surface area contributed by atoms with E-state index in [4.69, 9.17) is 11.6 Å². The highest BCUT2D eigenvalue weighted by molar-refractivity contribution is 7.92. The van der Waals surface area contributed by atoms with Crippen molar-refractivity contribution in [3.05, 3.63) is 58.4 Å². The maximum Gasteiger partial charge on any atom is 0.255 e. The lowest BCUT2D eigenvalue weighted by atomic mass is 9.51. The molecule has 7 nitrogen and oxygen atoms in total. The van der Waals surface area contributed by atoms with Gasteiger partial charge in [-0.15, -0.1) is 0 Å². The molecule has 1 amide bonds. The average molecular weight is 534 g/mol. The number of aliphatic hydroxyl groups is 3. The molecule has 4 atom stereocenters. The molecule has 3 saturated carbocycles. The number of fused-ring (bicyclic) bond motifs is 2. The largest absolute Gasteiger partial charge is 0.391 e. The van der Waals surface area contributed by atoms with Crippen molar-refractivity contribution in [3.8, 4) is 0 Å². The SMILES string of the molecule is C[C@@H](O)[C@@H](O)C1(O)C2CC1CC(S(=O)(=O)c1cc(C(=O)Nc3cc(F)c(F)c(F)c3)ccc1Cl)C2. The van der Waals surface area contributed by atoms with E-state index in [1.54, 1.807) is 0 Å². The molecule has 4 N–H and O–H groups in total. The molecule has 12 heteroatoms. The lowest BCUT2D eigenvalue weighted by Gasteiger charge is -2.60. The molecule has 35 heavy (non-hydrogen) atoms. The number of halogens is 4. The molecule has 0 aliphatic heterocycles. The quantitative estimate of drug-likeness (QED) is 0.423. The van der Waals surface area contributed by atoms with E-state index in [0.29, 0.717) is 18.6 Å². The third kappa shape index (κ3) is 4.33. The van der Waals surface area contributed by atoms with Crippen LogP contribution in [0.5, 0.6) is 0 Å². The number of amides is 1. The lowest BCUT2D eigenvalue weighted by molar-refractivity contribution is -0.249. The number of hydrogen-bond acceptors (Lipinski definition) is 6. The minimum Gasteiger partial charge on any atom is -0.391 e. The van der Waals surface area contributed by atoms with E-state index in [-0.39, 0.29) is 34.0 Å². The van der Waals surface area contributed by atoms with Gasteiger partial charge in [-0.2, -0.15) is 0 Å². The van der Waals surface area contributed by atoms with E-state index in [0.717, 1.165) is 6.07 Å². The van der Waals surface area contributed by atoms with Crippen molar-refractivity contribution < 1.29 is 41.7 Å². The van der Waals surface area contributed by atoms with Gasteiger partial charge in [-0.25, -0.2) is 21.6 Å². The Hall–Kier alpha value is -2.18. The van der Waals surface area contributed by atoms with E-state index in [1.165, 1.54) is 19.1 Å². The van der Waals surface area contributed by atoms with Crippen LogP contribution in [0.1, 0.15) is 36.5 Å². The second kappa shape index (κ2) is 9.04. The Bertz CT molecular complexity index is 1250. The van der Waals surface area contributed by atoms with Gasteiger partial charge in [0, 0.05) is 23.4 Å². The fourth-order valence-corrected chi connectivity index (χ4v) is 7.59. The Morgan fingerprint density at radius 1 is 1.09 bits per heavy atom. The number of rotatable bonds is 6. The van der Waals surface area contributed by atoms with Gasteiger partial charge in [0.25, 0.3) is 5.91 Å². The number of nitrogens with one attached hydrogen (secondary N) is 1. The van der Waals surface area contributed by atoms with Crippen LogP contribution in [0.25, 0.3) is 0 Å². The molecule has 190 valence electrons. The first-order chi connectivity index (χ1) is 16.3. The van der Waals surface area contributed by atoms with Gasteiger partial charge in [-0.05, 0) is 56.2 Å². The summed E-state index contributed by atoms with van der Waals surface area (Å²) in [5.74, 6) is -6.68. The summed E-state index contributed by atoms with van der Waals surface area (Å²) in [5.41, 5.74) is -2.11. The van der Waals surface area contributed by atoms with Crippen molar-refractivity contribution in [2.75, 3.05) is 5.32 Å². The number of anilines is 1. The summed E-state index contributed by atoms with van der Waals surface area (Å²) in [6.45, 7) is 1.34. The fourth-order valence-electron chi connectivity index (χ4n) is 5.19. The number of aliphatic hydroxyl groups excluding tert-OH is 2. The van der Waals surface area contributed by atoms with Gasteiger partial charge in [-0.3, -0.25) is 4.79 Å². The normalized spacial score (nSPS) is 27.6. The highest BCUT2D eigenvalue weighted by Crippen LogP contribution is 2.57. The molecule has 0 spiro atoms. The van der Waals surface area contributed by atoms with Crippen molar-refractivity contribution >= 4 is 33.0 Å². The monoisotopic (exact) mass is 533 g/mol. The van der Waals surface area contributed by atoms with Crippen LogP contribution in [-0.2, 0) is 9.84 Å². The van der Waals surface area contributed by atoms with Gasteiger partial charge in [0.15, 0.2) is 27.3 Å². The molecule has 2 bridgehead atoms. The second-order valence-corrected chi connectivity index (χ2v) is 11.8. The molecule has 3 fully saturated rings. The molecule has 2 aromatic rings. The summed E-state index contributed by atoms with van der Waals surface area (Å²) < 4.78 is 66.8. The van der Waals surface area contributed by atoms with Crippen molar-refractivity contribution in [1.29, 1.82) is 0 Å². The van der Waals surface area contributed by atoms with Gasteiger partial charge in [0.1, 0.15) is 6.10 Å². The molecule has 0 saturated heterocycles. The first-order valence-electron chi connectivity index (χ1n) is 10.8. The Labute approximate surface area is 204 Å². The second-order valence-electron chi connectivity index (χ2n) is 9.19. The number of carbonyl (C=O) groups excluding carboxylic acids is 1. The van der Waals surface area contributed by atoms with Crippen molar-refractivity contribution in [3.63, 3.8) is 0 Å². The molecule has 0 radical (unpaired) electrons. The van der Waals surface area contributed by atoms with E-state index in [9.17, 15) is 41.7 Å². The van der Waals surface area contributed by atoms with Crippen LogP contribution in [0.2, 0.25) is 5.02 Å². The van der Waals surface area contributed by atoms with Crippen molar-refractivity contribution in [2.24, 2.45) is 11.8 Å². The number of hydrogen-bond donors (Lipinski definition) is 4. The molecule has 3 aliphatic rings. The van der Waals surface area contributed by atoms with Crippen molar-refractivity contribution in [2.45, 2.75) is 54.1 Å². The fraction of sp³-hybridized carbons (Fsp3) is 0.435. The van der Waals surface area contributed by atoms with E-state index >= 15 is 0 Å². The molecule has 2 unspecified atom stereocenters. The Kier molecular flexibility index (Phi) is 6.69. The maximum absolute atomic E-state index is 13.4. The standard InChI is InChI=1S/C23H23ClF3NO6S/c1-10(29)21(30)23(32)12-5-13(23)7-15(6-12)35(33,34)19-4-11(2-3-16(19)24)22(31)28-14-8-17(25)20(27)18(26)9-14/h2-4,8-10,12-13,15,21,29-30,32H,5-7H2,1H3,(H,28,31)/t10-,12?,13?,15?,21-,23?/m1/s1. The highest BCUT2D eigenvalue weighted by atomic mass is 35.5. The topological polar surface area (TPSA) is 124 Å². The number of sulfone groups is 1. The molecular weight excluding hydrogens is 511 g/mol. The molecular formula is C23H23ClF3NO6S. The summed E-state index contributed by atoms with van der Waals surface area (Å²) in [6.07, 6.45) is -2.04. The summed E-state index contributed by atoms with van der Waals surface area (Å²) >= 11 is 6.15. The van der Waals surface area contributed by atoms with Gasteiger partial charge >= 0.3 is 0 Å². The first-order valence-corrected chi connectivity index (χ1v) is 12.8. The first kappa shape index (κ1) is 25.9. The average Bonchev–Trinajstić information content (AvgIpc) is 2.81. The summed E-state index contributed by atoms with van der Waals surface area (Å²) in [5, 5.41) is 31.9. The lowest BCUT2D eigenvalue weighted by Crippen LogP contribution is -2.69. The van der Waals surface area contributed by atoms with Crippen LogP contribution in [-0.4, -0.2) is 52.7 Å². The number of carbonyl (C=O) groups is 1. The zero-order valence-electron chi connectivity index (χ0n) is 18.4. The molecule has 0 aromatic heterocycles. The van der Waals surface area contributed by atoms with Gasteiger partial charge in [0.05, 0.1) is 26.9 Å². The van der Waals surface area contributed by atoms with Gasteiger partial charge < -0.3 is 20.6 Å². The van der Waals surface area contributed by atoms with Crippen LogP contribution < -0.4 is 5.32 Å². The van der Waals surface area contributed by atoms with Gasteiger partial charge in [-0.1, -0.05) is 11.6 Å². The molecule has 0 heterocycles. The Morgan fingerprint density at radius 3 is 2.20 bits per heavy atom. The maximum atomic E-state index is 13.4. The zero-order chi connectivity index (χ0) is 25.9.